The van der Waals surface area contributed by atoms with Gasteiger partial charge in [0.05, 0.1) is 17.6 Å². The van der Waals surface area contributed by atoms with Crippen LogP contribution in [0.5, 0.6) is 0 Å². The van der Waals surface area contributed by atoms with Gasteiger partial charge in [0.15, 0.2) is 0 Å². The molecule has 20 heavy (non-hydrogen) atoms. The maximum atomic E-state index is 12.9. The third-order valence-corrected chi connectivity index (χ3v) is 2.73. The van der Waals surface area contributed by atoms with Crippen LogP contribution in [0.4, 0.5) is 10.1 Å². The number of halogens is 1. The molecule has 0 atom stereocenters. The highest BCUT2D eigenvalue weighted by atomic mass is 19.1. The highest BCUT2D eigenvalue weighted by Gasteiger charge is 2.15. The lowest BCUT2D eigenvalue weighted by Gasteiger charge is -2.05. The topological polar surface area (TPSA) is 69.4 Å². The molecule has 0 aliphatic heterocycles. The molecule has 2 aromatic carbocycles. The number of hydrogen-bond acceptors (Lipinski definition) is 4. The number of hydrogen-bond donors (Lipinski definition) is 0. The predicted octanol–water partition coefficient (Wildman–Crippen LogP) is 3.19. The summed E-state index contributed by atoms with van der Waals surface area (Å²) in [6, 6.07) is 9.37. The van der Waals surface area contributed by atoms with Gasteiger partial charge < -0.3 is 4.74 Å². The van der Waals surface area contributed by atoms with Crippen LogP contribution in [-0.2, 0) is 4.74 Å². The molecule has 0 saturated heterocycles. The van der Waals surface area contributed by atoms with Crippen molar-refractivity contribution in [3.8, 4) is 11.1 Å². The second kappa shape index (κ2) is 5.48. The Hall–Kier alpha value is -2.76. The van der Waals surface area contributed by atoms with E-state index in [4.69, 9.17) is 0 Å². The molecule has 0 N–H and O–H groups in total. The summed E-state index contributed by atoms with van der Waals surface area (Å²) in [5.41, 5.74) is 0.855. The molecule has 0 aliphatic carbocycles. The number of nitro groups is 1. The number of esters is 1. The monoisotopic (exact) mass is 275 g/mol. The Morgan fingerprint density at radius 3 is 2.35 bits per heavy atom. The van der Waals surface area contributed by atoms with Gasteiger partial charge in [-0.05, 0) is 29.3 Å². The number of rotatable bonds is 3. The minimum Gasteiger partial charge on any atom is -0.465 e. The number of nitro benzene ring substituents is 1. The van der Waals surface area contributed by atoms with Gasteiger partial charge in [-0.3, -0.25) is 10.1 Å². The average molecular weight is 275 g/mol. The molecule has 0 spiro atoms. The van der Waals surface area contributed by atoms with E-state index >= 15 is 0 Å². The zero-order valence-corrected chi connectivity index (χ0v) is 10.5. The van der Waals surface area contributed by atoms with Crippen molar-refractivity contribution in [3.63, 3.8) is 0 Å². The summed E-state index contributed by atoms with van der Waals surface area (Å²) in [4.78, 5) is 21.8. The van der Waals surface area contributed by atoms with Crippen LogP contribution in [0.3, 0.4) is 0 Å². The van der Waals surface area contributed by atoms with Crippen LogP contribution in [0, 0.1) is 15.9 Å². The lowest BCUT2D eigenvalue weighted by atomic mass is 10.0. The zero-order chi connectivity index (χ0) is 14.7. The molecule has 0 aromatic heterocycles. The first kappa shape index (κ1) is 13.7. The van der Waals surface area contributed by atoms with E-state index in [9.17, 15) is 19.3 Å². The van der Waals surface area contributed by atoms with Crippen molar-refractivity contribution in [2.45, 2.75) is 0 Å². The van der Waals surface area contributed by atoms with E-state index in [2.05, 4.69) is 4.74 Å². The fraction of sp³-hybridized carbons (Fsp3) is 0.0714. The number of benzene rings is 2. The third kappa shape index (κ3) is 2.80. The smallest absolute Gasteiger partial charge is 0.338 e. The number of nitrogens with zero attached hydrogens (tertiary/aromatic N) is 1. The van der Waals surface area contributed by atoms with Crippen LogP contribution < -0.4 is 0 Å². The number of carbonyl (C=O) groups excluding carboxylic acids is 1. The molecule has 0 saturated carbocycles. The lowest BCUT2D eigenvalue weighted by Crippen LogP contribution is -2.02. The van der Waals surface area contributed by atoms with E-state index < -0.39 is 16.7 Å². The van der Waals surface area contributed by atoms with Crippen molar-refractivity contribution in [2.75, 3.05) is 7.11 Å². The van der Waals surface area contributed by atoms with Crippen LogP contribution in [0.1, 0.15) is 10.4 Å². The molecule has 2 aromatic rings. The molecule has 0 fully saturated rings. The molecule has 2 rings (SSSR count). The Bertz CT molecular complexity index is 667. The number of non-ortho nitro benzene ring substituents is 1. The fourth-order valence-electron chi connectivity index (χ4n) is 1.76. The summed E-state index contributed by atoms with van der Waals surface area (Å²) in [6.45, 7) is 0. The molecule has 0 heterocycles. The van der Waals surface area contributed by atoms with E-state index in [1.807, 2.05) is 0 Å². The lowest BCUT2D eigenvalue weighted by molar-refractivity contribution is -0.384. The Morgan fingerprint density at radius 2 is 1.80 bits per heavy atom. The standard InChI is InChI=1S/C14H10FNO4/c1-20-14(17)11-6-10(7-13(8-11)16(18)19)9-2-4-12(15)5-3-9/h2-8H,1H3. The van der Waals surface area contributed by atoms with Gasteiger partial charge in [0.1, 0.15) is 5.82 Å². The first-order valence-corrected chi connectivity index (χ1v) is 5.65. The Kier molecular flexibility index (Phi) is 3.74. The molecule has 0 unspecified atom stereocenters. The molecule has 0 amide bonds. The van der Waals surface area contributed by atoms with Crippen molar-refractivity contribution in [2.24, 2.45) is 0 Å². The van der Waals surface area contributed by atoms with Gasteiger partial charge in [0.2, 0.25) is 0 Å². The van der Waals surface area contributed by atoms with Crippen LogP contribution in [0.15, 0.2) is 42.5 Å². The Balaban J connectivity index is 2.57. The SMILES string of the molecule is COC(=O)c1cc(-c2ccc(F)cc2)cc([N+](=O)[O-])c1. The highest BCUT2D eigenvalue weighted by molar-refractivity contribution is 5.92. The predicted molar refractivity (Wildman–Crippen MR) is 69.8 cm³/mol. The van der Waals surface area contributed by atoms with Crippen LogP contribution in [0.2, 0.25) is 0 Å². The Labute approximate surface area is 113 Å². The van der Waals surface area contributed by atoms with Gasteiger partial charge in [0, 0.05) is 12.1 Å². The van der Waals surface area contributed by atoms with E-state index in [-0.39, 0.29) is 11.3 Å². The van der Waals surface area contributed by atoms with E-state index in [1.165, 1.54) is 43.5 Å². The average Bonchev–Trinajstić information content (AvgIpc) is 2.46. The van der Waals surface area contributed by atoms with Crippen LogP contribution in [-0.4, -0.2) is 18.0 Å². The summed E-state index contributed by atoms with van der Waals surface area (Å²) < 4.78 is 17.4. The molecular formula is C14H10FNO4. The zero-order valence-electron chi connectivity index (χ0n) is 10.5. The Morgan fingerprint density at radius 1 is 1.15 bits per heavy atom. The second-order valence-corrected chi connectivity index (χ2v) is 4.02. The number of carbonyl (C=O) groups is 1. The second-order valence-electron chi connectivity index (χ2n) is 4.02. The van der Waals surface area contributed by atoms with Gasteiger partial charge in [0.25, 0.3) is 5.69 Å². The quantitative estimate of drug-likeness (QED) is 0.490. The summed E-state index contributed by atoms with van der Waals surface area (Å²) in [5, 5.41) is 10.9. The molecule has 0 radical (unpaired) electrons. The maximum Gasteiger partial charge on any atom is 0.338 e. The summed E-state index contributed by atoms with van der Waals surface area (Å²) in [7, 11) is 1.19. The van der Waals surface area contributed by atoms with Crippen LogP contribution >= 0.6 is 0 Å². The first-order chi connectivity index (χ1) is 9.51. The van der Waals surface area contributed by atoms with E-state index in [0.29, 0.717) is 11.1 Å². The van der Waals surface area contributed by atoms with Crippen molar-refractivity contribution >= 4 is 11.7 Å². The first-order valence-electron chi connectivity index (χ1n) is 5.65. The van der Waals surface area contributed by atoms with Crippen molar-refractivity contribution in [1.29, 1.82) is 0 Å². The number of ether oxygens (including phenoxy) is 1. The normalized spacial score (nSPS) is 10.1. The van der Waals surface area contributed by atoms with E-state index in [0.717, 1.165) is 6.07 Å². The highest BCUT2D eigenvalue weighted by Crippen LogP contribution is 2.26. The van der Waals surface area contributed by atoms with Gasteiger partial charge in [-0.25, -0.2) is 9.18 Å². The van der Waals surface area contributed by atoms with Crippen molar-refractivity contribution < 1.29 is 18.8 Å². The summed E-state index contributed by atoms with van der Waals surface area (Å²) >= 11 is 0. The largest absolute Gasteiger partial charge is 0.465 e. The third-order valence-electron chi connectivity index (χ3n) is 2.73. The molecular weight excluding hydrogens is 265 g/mol. The summed E-state index contributed by atoms with van der Waals surface area (Å²) in [6.07, 6.45) is 0. The van der Waals surface area contributed by atoms with Gasteiger partial charge in [-0.1, -0.05) is 12.1 Å². The van der Waals surface area contributed by atoms with Gasteiger partial charge in [-0.15, -0.1) is 0 Å². The van der Waals surface area contributed by atoms with Gasteiger partial charge in [-0.2, -0.15) is 0 Å². The molecule has 102 valence electrons. The molecule has 0 bridgehead atoms. The van der Waals surface area contributed by atoms with Gasteiger partial charge >= 0.3 is 5.97 Å². The fourth-order valence-corrected chi connectivity index (χ4v) is 1.76. The minimum atomic E-state index is -0.669. The minimum absolute atomic E-state index is 0.0704. The van der Waals surface area contributed by atoms with Crippen molar-refractivity contribution in [3.05, 3.63) is 64.0 Å². The molecule has 6 heteroatoms. The van der Waals surface area contributed by atoms with Crippen LogP contribution in [0.25, 0.3) is 11.1 Å². The number of methoxy groups -OCH3 is 1. The molecule has 0 aliphatic rings. The van der Waals surface area contributed by atoms with E-state index in [1.54, 1.807) is 0 Å². The maximum absolute atomic E-state index is 12.9. The van der Waals surface area contributed by atoms with Crippen molar-refractivity contribution in [1.82, 2.24) is 0 Å². The molecule has 5 nitrogen and oxygen atoms in total. The summed E-state index contributed by atoms with van der Waals surface area (Å²) in [5.74, 6) is -1.08.